The summed E-state index contributed by atoms with van der Waals surface area (Å²) in [5.74, 6) is 0.748. The largest absolute Gasteiger partial charge is 0.395 e. The first-order chi connectivity index (χ1) is 15.2. The molecule has 0 amide bonds. The van der Waals surface area contributed by atoms with Gasteiger partial charge in [0.1, 0.15) is 5.67 Å². The fourth-order valence-corrected chi connectivity index (χ4v) is 4.56. The number of nitrogens with zero attached hydrogens (tertiary/aromatic N) is 2. The Morgan fingerprint density at radius 1 is 1.06 bits per heavy atom. The molecule has 3 rings (SSSR count). The Balaban J connectivity index is 1.49. The van der Waals surface area contributed by atoms with E-state index in [0.717, 1.165) is 36.7 Å². The molecule has 2 aromatic rings. The topological polar surface area (TPSA) is 26.7 Å². The minimum absolute atomic E-state index is 0.122. The zero-order valence-electron chi connectivity index (χ0n) is 20.0. The van der Waals surface area contributed by atoms with Gasteiger partial charge in [-0.05, 0) is 80.8 Å². The van der Waals surface area contributed by atoms with E-state index in [1.807, 2.05) is 11.9 Å². The van der Waals surface area contributed by atoms with Crippen LogP contribution >= 0.6 is 0 Å². The summed E-state index contributed by atoms with van der Waals surface area (Å²) in [6.45, 7) is 10.8. The summed E-state index contributed by atoms with van der Waals surface area (Å²) in [6.07, 6.45) is 4.68. The lowest BCUT2D eigenvalue weighted by Crippen LogP contribution is -2.41. The molecule has 0 radical (unpaired) electrons. The molecule has 174 valence electrons. The van der Waals surface area contributed by atoms with Crippen LogP contribution in [-0.4, -0.2) is 60.4 Å². The highest BCUT2D eigenvalue weighted by Crippen LogP contribution is 2.26. The maximum atomic E-state index is 13.9. The highest BCUT2D eigenvalue weighted by Gasteiger charge is 2.25. The fraction of sp³-hybridized carbons (Fsp3) is 0.500. The second kappa shape index (κ2) is 11.1. The van der Waals surface area contributed by atoms with Crippen LogP contribution in [0.25, 0.3) is 16.8 Å². The maximum absolute atomic E-state index is 13.9. The van der Waals surface area contributed by atoms with Crippen LogP contribution in [0.1, 0.15) is 44.2 Å². The van der Waals surface area contributed by atoms with Crippen molar-refractivity contribution in [2.24, 2.45) is 5.92 Å². The van der Waals surface area contributed by atoms with Crippen molar-refractivity contribution in [3.63, 3.8) is 0 Å². The molecule has 0 saturated carbocycles. The molecular formula is C28H39FN2O. The van der Waals surface area contributed by atoms with Crippen molar-refractivity contribution in [2.45, 2.75) is 45.2 Å². The van der Waals surface area contributed by atoms with E-state index in [2.05, 4.69) is 60.0 Å². The van der Waals surface area contributed by atoms with Gasteiger partial charge in [0.25, 0.3) is 0 Å². The fourth-order valence-electron chi connectivity index (χ4n) is 4.56. The highest BCUT2D eigenvalue weighted by molar-refractivity contribution is 5.68. The lowest BCUT2D eigenvalue weighted by molar-refractivity contribution is 0.0943. The Morgan fingerprint density at radius 2 is 1.62 bits per heavy atom. The summed E-state index contributed by atoms with van der Waals surface area (Å²) < 4.78 is 13.9. The van der Waals surface area contributed by atoms with Crippen molar-refractivity contribution in [1.82, 2.24) is 9.80 Å². The first-order valence-corrected chi connectivity index (χ1v) is 11.9. The molecule has 0 unspecified atom stereocenters. The van der Waals surface area contributed by atoms with Crippen molar-refractivity contribution >= 4 is 5.70 Å². The second-order valence-electron chi connectivity index (χ2n) is 9.84. The van der Waals surface area contributed by atoms with E-state index in [1.165, 1.54) is 36.0 Å². The number of alkyl halides is 1. The molecule has 1 aliphatic heterocycles. The minimum atomic E-state index is -1.10. The van der Waals surface area contributed by atoms with Crippen molar-refractivity contribution in [3.8, 4) is 11.1 Å². The van der Waals surface area contributed by atoms with E-state index in [4.69, 9.17) is 5.11 Å². The Kier molecular flexibility index (Phi) is 8.50. The van der Waals surface area contributed by atoms with Gasteiger partial charge in [0.15, 0.2) is 0 Å². The van der Waals surface area contributed by atoms with E-state index in [9.17, 15) is 4.39 Å². The highest BCUT2D eigenvalue weighted by atomic mass is 19.1. The third-order valence-electron chi connectivity index (χ3n) is 6.55. The van der Waals surface area contributed by atoms with Crippen LogP contribution < -0.4 is 0 Å². The Hall–Kier alpha value is -2.17. The number of hydrogen-bond acceptors (Lipinski definition) is 3. The molecular weight excluding hydrogens is 399 g/mol. The monoisotopic (exact) mass is 438 g/mol. The Morgan fingerprint density at radius 3 is 2.16 bits per heavy atom. The molecule has 4 heteroatoms. The van der Waals surface area contributed by atoms with E-state index >= 15 is 0 Å². The summed E-state index contributed by atoms with van der Waals surface area (Å²) in [6, 6.07) is 17.4. The van der Waals surface area contributed by atoms with Crippen LogP contribution in [0.15, 0.2) is 55.1 Å². The Labute approximate surface area is 193 Å². The first-order valence-electron chi connectivity index (χ1n) is 11.9. The number of likely N-dealkylation sites (N-methyl/N-ethyl adjacent to an activating group) is 1. The van der Waals surface area contributed by atoms with Gasteiger partial charge in [-0.2, -0.15) is 0 Å². The normalized spacial score (nSPS) is 15.7. The maximum Gasteiger partial charge on any atom is 0.118 e. The predicted molar refractivity (Wildman–Crippen MR) is 133 cm³/mol. The van der Waals surface area contributed by atoms with Crippen molar-refractivity contribution in [2.75, 3.05) is 39.8 Å². The van der Waals surface area contributed by atoms with Gasteiger partial charge in [0.05, 0.1) is 6.61 Å². The van der Waals surface area contributed by atoms with Gasteiger partial charge >= 0.3 is 0 Å². The van der Waals surface area contributed by atoms with Crippen LogP contribution in [0, 0.1) is 5.92 Å². The Bertz CT molecular complexity index is 846. The number of aliphatic hydroxyl groups excluding tert-OH is 1. The van der Waals surface area contributed by atoms with Gasteiger partial charge in [-0.25, -0.2) is 4.39 Å². The zero-order valence-corrected chi connectivity index (χ0v) is 20.0. The number of halogens is 1. The summed E-state index contributed by atoms with van der Waals surface area (Å²) >= 11 is 0. The average molecular weight is 439 g/mol. The molecule has 32 heavy (non-hydrogen) atoms. The van der Waals surface area contributed by atoms with Crippen LogP contribution in [-0.2, 0) is 6.42 Å². The van der Waals surface area contributed by atoms with Gasteiger partial charge in [-0.1, -0.05) is 55.1 Å². The number of hydrogen-bond donors (Lipinski definition) is 1. The zero-order chi connectivity index (χ0) is 23.1. The number of aliphatic hydroxyl groups is 1. The summed E-state index contributed by atoms with van der Waals surface area (Å²) in [5.41, 5.74) is 4.69. The standard InChI is InChI=1S/C28H39FN2O/c1-22(30(4)19-20-32)25-11-13-27(14-12-25)26-9-7-23(8-10-26)5-6-24-15-17-31(18-16-24)21-28(2,3)29/h7-14,24,32H,1,5-6,15-21H2,2-4H3. The molecule has 2 aromatic carbocycles. The minimum Gasteiger partial charge on any atom is -0.395 e. The summed E-state index contributed by atoms with van der Waals surface area (Å²) in [5, 5.41) is 9.11. The third kappa shape index (κ3) is 7.18. The van der Waals surface area contributed by atoms with Crippen LogP contribution in [0.5, 0.6) is 0 Å². The van der Waals surface area contributed by atoms with Crippen molar-refractivity contribution < 1.29 is 9.50 Å². The first kappa shape index (κ1) is 24.5. The number of piperidine rings is 1. The van der Waals surface area contributed by atoms with Gasteiger partial charge in [-0.15, -0.1) is 0 Å². The van der Waals surface area contributed by atoms with Crippen molar-refractivity contribution in [3.05, 3.63) is 66.2 Å². The predicted octanol–water partition coefficient (Wildman–Crippen LogP) is 5.64. The second-order valence-corrected chi connectivity index (χ2v) is 9.84. The van der Waals surface area contributed by atoms with Crippen LogP contribution in [0.4, 0.5) is 4.39 Å². The smallest absolute Gasteiger partial charge is 0.118 e. The van der Waals surface area contributed by atoms with Gasteiger partial charge in [0.2, 0.25) is 0 Å². The molecule has 1 fully saturated rings. The van der Waals surface area contributed by atoms with E-state index in [-0.39, 0.29) is 6.61 Å². The van der Waals surface area contributed by atoms with E-state index in [0.29, 0.717) is 13.1 Å². The van der Waals surface area contributed by atoms with E-state index < -0.39 is 5.67 Å². The SMILES string of the molecule is C=C(c1ccc(-c2ccc(CCC3CCN(CC(C)(C)F)CC3)cc2)cc1)N(C)CCO. The molecule has 3 nitrogen and oxygen atoms in total. The molecule has 1 saturated heterocycles. The van der Waals surface area contributed by atoms with Crippen LogP contribution in [0.3, 0.4) is 0 Å². The molecule has 1 heterocycles. The van der Waals surface area contributed by atoms with E-state index in [1.54, 1.807) is 13.8 Å². The average Bonchev–Trinajstić information content (AvgIpc) is 2.78. The quantitative estimate of drug-likeness (QED) is 0.520. The third-order valence-corrected chi connectivity index (χ3v) is 6.55. The molecule has 0 aromatic heterocycles. The molecule has 1 aliphatic rings. The molecule has 1 N–H and O–H groups in total. The van der Waals surface area contributed by atoms with Gasteiger partial charge < -0.3 is 14.9 Å². The number of rotatable bonds is 10. The lowest BCUT2D eigenvalue weighted by Gasteiger charge is -2.34. The van der Waals surface area contributed by atoms with Gasteiger partial charge in [-0.3, -0.25) is 0 Å². The van der Waals surface area contributed by atoms with Crippen molar-refractivity contribution in [1.29, 1.82) is 0 Å². The molecule has 0 bridgehead atoms. The number of aryl methyl sites for hydroxylation is 1. The lowest BCUT2D eigenvalue weighted by atomic mass is 9.90. The number of benzene rings is 2. The van der Waals surface area contributed by atoms with Gasteiger partial charge in [0, 0.05) is 25.8 Å². The summed E-state index contributed by atoms with van der Waals surface area (Å²) in [4.78, 5) is 4.24. The van der Waals surface area contributed by atoms with Crippen LogP contribution in [0.2, 0.25) is 0 Å². The molecule has 0 aliphatic carbocycles. The summed E-state index contributed by atoms with van der Waals surface area (Å²) in [7, 11) is 1.94. The number of likely N-dealkylation sites (tertiary alicyclic amines) is 1. The molecule has 0 spiro atoms. The molecule has 0 atom stereocenters.